The molecule has 1 rings (SSSR count). The van der Waals surface area contributed by atoms with Crippen molar-refractivity contribution < 1.29 is 11.9 Å². The molecule has 5 heteroatoms. The minimum absolute atomic E-state index is 0.0318. The SMILES string of the molecule is O=[Se](=O)(O)c1cccc(Br)c1. The van der Waals surface area contributed by atoms with Crippen LogP contribution in [0, 0.1) is 0 Å². The first-order valence-electron chi connectivity index (χ1n) is 2.73. The van der Waals surface area contributed by atoms with Crippen LogP contribution in [0.15, 0.2) is 28.7 Å². The maximum atomic E-state index is 10.6. The molecule has 11 heavy (non-hydrogen) atoms. The Hall–Kier alpha value is -0.221. The molecule has 0 spiro atoms. The van der Waals surface area contributed by atoms with E-state index in [0.29, 0.717) is 4.47 Å². The van der Waals surface area contributed by atoms with Crippen molar-refractivity contribution in [3.05, 3.63) is 28.7 Å². The summed E-state index contributed by atoms with van der Waals surface area (Å²) in [5.74, 6) is 0. The Morgan fingerprint density at radius 1 is 1.36 bits per heavy atom. The standard InChI is InChI=1S/C6H5BrO3Se/c7-5-2-1-3-6(4-5)11(8,9)10/h1-4H,(H,8,9,10). The zero-order chi connectivity index (χ0) is 8.48. The molecule has 1 N–H and O–H groups in total. The van der Waals surface area contributed by atoms with E-state index in [4.69, 9.17) is 4.19 Å². The Morgan fingerprint density at radius 2 is 2.00 bits per heavy atom. The van der Waals surface area contributed by atoms with Crippen LogP contribution < -0.4 is 4.46 Å². The van der Waals surface area contributed by atoms with Crippen molar-refractivity contribution in [2.45, 2.75) is 0 Å². The van der Waals surface area contributed by atoms with E-state index in [9.17, 15) is 7.67 Å². The summed E-state index contributed by atoms with van der Waals surface area (Å²) in [6, 6.07) is 5.95. The Bertz CT molecular complexity index is 358. The summed E-state index contributed by atoms with van der Waals surface area (Å²) < 4.78 is 30.4. The molecule has 0 unspecified atom stereocenters. The van der Waals surface area contributed by atoms with Gasteiger partial charge in [0.1, 0.15) is 0 Å². The van der Waals surface area contributed by atoms with E-state index in [-0.39, 0.29) is 4.46 Å². The van der Waals surface area contributed by atoms with Gasteiger partial charge in [0.15, 0.2) is 0 Å². The average Bonchev–Trinajstić information content (AvgIpc) is 1.86. The van der Waals surface area contributed by atoms with Crippen LogP contribution in [0.5, 0.6) is 0 Å². The molecule has 60 valence electrons. The predicted octanol–water partition coefficient (Wildman–Crippen LogP) is 0.448. The third-order valence-electron chi connectivity index (χ3n) is 1.09. The van der Waals surface area contributed by atoms with Crippen molar-refractivity contribution in [1.82, 2.24) is 0 Å². The van der Waals surface area contributed by atoms with E-state index in [1.165, 1.54) is 12.1 Å². The van der Waals surface area contributed by atoms with Gasteiger partial charge in [-0.2, -0.15) is 0 Å². The number of rotatable bonds is 1. The summed E-state index contributed by atoms with van der Waals surface area (Å²) >= 11 is -1.67. The van der Waals surface area contributed by atoms with Crippen molar-refractivity contribution in [2.24, 2.45) is 0 Å². The van der Waals surface area contributed by atoms with Gasteiger partial charge in [-0.25, -0.2) is 0 Å². The molecule has 0 aromatic heterocycles. The third kappa shape index (κ3) is 2.38. The van der Waals surface area contributed by atoms with Gasteiger partial charge in [0.2, 0.25) is 0 Å². The fraction of sp³-hybridized carbons (Fsp3) is 0. The monoisotopic (exact) mass is 284 g/mol. The van der Waals surface area contributed by atoms with Crippen molar-refractivity contribution >= 4 is 33.4 Å². The van der Waals surface area contributed by atoms with E-state index in [1.807, 2.05) is 0 Å². The molecular formula is C6H5BrO3Se. The van der Waals surface area contributed by atoms with Crippen LogP contribution in [0.25, 0.3) is 0 Å². The molecule has 0 bridgehead atoms. The normalized spacial score (nSPS) is 11.5. The van der Waals surface area contributed by atoms with Crippen LogP contribution in [0.2, 0.25) is 0 Å². The zero-order valence-corrected chi connectivity index (χ0v) is 8.66. The Kier molecular flexibility index (Phi) is 2.44. The predicted molar refractivity (Wildman–Crippen MR) is 43.1 cm³/mol. The second-order valence-corrected chi connectivity index (χ2v) is 5.83. The van der Waals surface area contributed by atoms with E-state index in [1.54, 1.807) is 12.1 Å². The fourth-order valence-electron chi connectivity index (χ4n) is 0.627. The third-order valence-corrected chi connectivity index (χ3v) is 3.37. The van der Waals surface area contributed by atoms with Gasteiger partial charge in [0.05, 0.1) is 0 Å². The summed E-state index contributed by atoms with van der Waals surface area (Å²) in [7, 11) is 0. The molecule has 0 fully saturated rings. The summed E-state index contributed by atoms with van der Waals surface area (Å²) in [4.78, 5) is 0. The van der Waals surface area contributed by atoms with Crippen LogP contribution in [0.3, 0.4) is 0 Å². The van der Waals surface area contributed by atoms with E-state index in [0.717, 1.165) is 0 Å². The van der Waals surface area contributed by atoms with Crippen molar-refractivity contribution in [2.75, 3.05) is 0 Å². The summed E-state index contributed by atoms with van der Waals surface area (Å²) in [5, 5.41) is 0. The summed E-state index contributed by atoms with van der Waals surface area (Å²) in [6.45, 7) is 0. The van der Waals surface area contributed by atoms with E-state index >= 15 is 0 Å². The van der Waals surface area contributed by atoms with Gasteiger partial charge in [-0.15, -0.1) is 0 Å². The molecule has 0 saturated heterocycles. The molecule has 0 saturated carbocycles. The van der Waals surface area contributed by atoms with E-state index < -0.39 is 13.0 Å². The molecule has 0 amide bonds. The first-order valence-corrected chi connectivity index (χ1v) is 6.54. The van der Waals surface area contributed by atoms with Crippen LogP contribution in [-0.4, -0.2) is 17.2 Å². The Morgan fingerprint density at radius 3 is 2.36 bits per heavy atom. The van der Waals surface area contributed by atoms with E-state index in [2.05, 4.69) is 15.9 Å². The second-order valence-electron chi connectivity index (χ2n) is 1.93. The summed E-state index contributed by atoms with van der Waals surface area (Å²) in [5.41, 5.74) is 0. The van der Waals surface area contributed by atoms with Gasteiger partial charge in [-0.1, -0.05) is 0 Å². The number of hydrogen-bond acceptors (Lipinski definition) is 2. The zero-order valence-electron chi connectivity index (χ0n) is 5.36. The van der Waals surface area contributed by atoms with Crippen LogP contribution >= 0.6 is 15.9 Å². The molecule has 0 atom stereocenters. The Labute approximate surface area is 74.1 Å². The van der Waals surface area contributed by atoms with Gasteiger partial charge >= 0.3 is 74.0 Å². The molecule has 0 aliphatic heterocycles. The quantitative estimate of drug-likeness (QED) is 0.762. The van der Waals surface area contributed by atoms with Crippen LogP contribution in [-0.2, 0) is 7.67 Å². The van der Waals surface area contributed by atoms with Crippen molar-refractivity contribution in [1.29, 1.82) is 0 Å². The van der Waals surface area contributed by atoms with Crippen LogP contribution in [0.1, 0.15) is 0 Å². The molecule has 0 aliphatic carbocycles. The van der Waals surface area contributed by atoms with Crippen molar-refractivity contribution in [3.63, 3.8) is 0 Å². The van der Waals surface area contributed by atoms with Gasteiger partial charge < -0.3 is 0 Å². The van der Waals surface area contributed by atoms with Gasteiger partial charge in [0.25, 0.3) is 0 Å². The minimum atomic E-state index is -4.76. The maximum absolute atomic E-state index is 10.6. The van der Waals surface area contributed by atoms with Gasteiger partial charge in [-0.3, -0.25) is 0 Å². The first-order chi connectivity index (χ1) is 5.00. The Balaban J connectivity index is 3.28. The summed E-state index contributed by atoms with van der Waals surface area (Å²) in [6.07, 6.45) is 0. The average molecular weight is 284 g/mol. The molecule has 0 heterocycles. The molecule has 0 aliphatic rings. The molecule has 1 aromatic rings. The molecule has 3 nitrogen and oxygen atoms in total. The van der Waals surface area contributed by atoms with Gasteiger partial charge in [0, 0.05) is 0 Å². The number of hydrogen-bond donors (Lipinski definition) is 1. The van der Waals surface area contributed by atoms with Gasteiger partial charge in [-0.05, 0) is 0 Å². The van der Waals surface area contributed by atoms with Crippen LogP contribution in [0.4, 0.5) is 0 Å². The fourth-order valence-corrected chi connectivity index (χ4v) is 2.47. The second kappa shape index (κ2) is 3.03. The first kappa shape index (κ1) is 8.87. The molecular weight excluding hydrogens is 279 g/mol. The topological polar surface area (TPSA) is 54.4 Å². The van der Waals surface area contributed by atoms with Crippen molar-refractivity contribution in [3.8, 4) is 0 Å². The number of benzene rings is 1. The molecule has 0 radical (unpaired) electrons. The molecule has 1 aromatic carbocycles. The number of halogens is 1.